The fraction of sp³-hybridized carbons (Fsp3) is 0.353. The van der Waals surface area contributed by atoms with Crippen molar-refractivity contribution in [1.82, 2.24) is 25.9 Å². The molecule has 3 heterocycles. The molecule has 3 aromatic carbocycles. The minimum Gasteiger partial charge on any atom is -0.361 e. The van der Waals surface area contributed by atoms with Crippen LogP contribution in [0.1, 0.15) is 48.4 Å². The van der Waals surface area contributed by atoms with Gasteiger partial charge in [0.2, 0.25) is 5.91 Å². The Morgan fingerprint density at radius 3 is 2.56 bits per heavy atom. The Morgan fingerprint density at radius 1 is 1.00 bits per heavy atom. The zero-order chi connectivity index (χ0) is 28.0. The molecule has 7 nitrogen and oxygen atoms in total. The number of hydrazone groups is 1. The standard InChI is InChI=1S/C34H40N6O/c1-2-24-14-16-26(17-15-24)23-40-32(19-18-25-9-4-3-5-10-25)38-39-33(40)31(37-34(41)30-13-8-20-35-30)21-27-22-36-29-12-7-6-11-28(27)29/h3-7,9-12,14-17,22,30-32,35-36,38H,2,8,13,18-21,23H2,1H3,(H,37,41)/t30-,31+,32?/m0/s1. The monoisotopic (exact) mass is 548 g/mol. The van der Waals surface area contributed by atoms with Gasteiger partial charge in [0.25, 0.3) is 0 Å². The number of H-pyrrole nitrogens is 1. The number of carbonyl (C=O) groups excluding carboxylic acids is 1. The molecule has 2 aliphatic heterocycles. The fourth-order valence-electron chi connectivity index (χ4n) is 6.06. The highest BCUT2D eigenvalue weighted by Crippen LogP contribution is 2.24. The molecule has 0 bridgehead atoms. The lowest BCUT2D eigenvalue weighted by atomic mass is 10.0. The molecule has 6 rings (SSSR count). The van der Waals surface area contributed by atoms with Gasteiger partial charge in [-0.05, 0) is 67.0 Å². The predicted octanol–water partition coefficient (Wildman–Crippen LogP) is 4.89. The first-order valence-electron chi connectivity index (χ1n) is 15.0. The van der Waals surface area contributed by atoms with Crippen molar-refractivity contribution in [3.8, 4) is 0 Å². The van der Waals surface area contributed by atoms with Crippen LogP contribution in [-0.2, 0) is 30.6 Å². The van der Waals surface area contributed by atoms with E-state index in [2.05, 4.69) is 112 Å². The second kappa shape index (κ2) is 12.6. The first-order valence-corrected chi connectivity index (χ1v) is 15.0. The fourth-order valence-corrected chi connectivity index (χ4v) is 6.06. The lowest BCUT2D eigenvalue weighted by Crippen LogP contribution is -2.53. The summed E-state index contributed by atoms with van der Waals surface area (Å²) in [6.45, 7) is 3.79. The maximum Gasteiger partial charge on any atom is 0.237 e. The first-order chi connectivity index (χ1) is 20.2. The lowest BCUT2D eigenvalue weighted by Gasteiger charge is -2.32. The van der Waals surface area contributed by atoms with E-state index in [9.17, 15) is 4.79 Å². The van der Waals surface area contributed by atoms with Gasteiger partial charge in [-0.15, -0.1) is 0 Å². The zero-order valence-corrected chi connectivity index (χ0v) is 23.8. The molecule has 1 aromatic heterocycles. The number of amidine groups is 1. The van der Waals surface area contributed by atoms with Crippen molar-refractivity contribution in [3.63, 3.8) is 0 Å². The summed E-state index contributed by atoms with van der Waals surface area (Å²) in [5, 5.41) is 12.9. The molecular formula is C34H40N6O. The van der Waals surface area contributed by atoms with Crippen LogP contribution in [0.2, 0.25) is 0 Å². The summed E-state index contributed by atoms with van der Waals surface area (Å²) in [5.41, 5.74) is 9.60. The van der Waals surface area contributed by atoms with Crippen LogP contribution in [0.15, 0.2) is 90.2 Å². The molecule has 4 aromatic rings. The van der Waals surface area contributed by atoms with Crippen LogP contribution < -0.4 is 16.1 Å². The Kier molecular flexibility index (Phi) is 8.33. The third kappa shape index (κ3) is 6.30. The Balaban J connectivity index is 1.29. The molecule has 1 amide bonds. The molecule has 41 heavy (non-hydrogen) atoms. The molecule has 1 saturated heterocycles. The van der Waals surface area contributed by atoms with Crippen LogP contribution in [-0.4, -0.2) is 46.4 Å². The van der Waals surface area contributed by atoms with Crippen LogP contribution in [0, 0.1) is 0 Å². The molecule has 7 heteroatoms. The van der Waals surface area contributed by atoms with E-state index in [1.54, 1.807) is 0 Å². The van der Waals surface area contributed by atoms with Gasteiger partial charge in [0, 0.05) is 30.1 Å². The maximum absolute atomic E-state index is 13.5. The molecule has 1 fully saturated rings. The Bertz CT molecular complexity index is 1470. The van der Waals surface area contributed by atoms with Gasteiger partial charge < -0.3 is 20.5 Å². The topological polar surface area (TPSA) is 84.6 Å². The Hall–Kier alpha value is -4.10. The van der Waals surface area contributed by atoms with Gasteiger partial charge in [-0.3, -0.25) is 10.2 Å². The number of nitrogens with zero attached hydrogens (tertiary/aromatic N) is 2. The molecule has 0 aliphatic carbocycles. The van der Waals surface area contributed by atoms with E-state index in [0.29, 0.717) is 6.42 Å². The average Bonchev–Trinajstić information content (AvgIpc) is 3.78. The van der Waals surface area contributed by atoms with Gasteiger partial charge >= 0.3 is 0 Å². The number of para-hydroxylation sites is 1. The molecule has 212 valence electrons. The number of fused-ring (bicyclic) bond motifs is 1. The first kappa shape index (κ1) is 27.1. The molecule has 1 unspecified atom stereocenters. The van der Waals surface area contributed by atoms with Crippen LogP contribution >= 0.6 is 0 Å². The summed E-state index contributed by atoms with van der Waals surface area (Å²) >= 11 is 0. The van der Waals surface area contributed by atoms with Crippen molar-refractivity contribution in [2.45, 2.75) is 70.2 Å². The molecule has 0 saturated carbocycles. The van der Waals surface area contributed by atoms with Crippen LogP contribution in [0.25, 0.3) is 10.9 Å². The summed E-state index contributed by atoms with van der Waals surface area (Å²) in [7, 11) is 0. The van der Waals surface area contributed by atoms with Gasteiger partial charge in [0.1, 0.15) is 12.0 Å². The molecule has 0 spiro atoms. The molecule has 0 radical (unpaired) electrons. The summed E-state index contributed by atoms with van der Waals surface area (Å²) in [5.74, 6) is 0.939. The maximum atomic E-state index is 13.5. The number of aromatic nitrogens is 1. The number of rotatable bonds is 11. The van der Waals surface area contributed by atoms with Gasteiger partial charge in [-0.1, -0.05) is 79.7 Å². The Morgan fingerprint density at radius 2 is 1.78 bits per heavy atom. The van der Waals surface area contributed by atoms with Crippen molar-refractivity contribution in [2.24, 2.45) is 5.10 Å². The van der Waals surface area contributed by atoms with Crippen molar-refractivity contribution >= 4 is 22.6 Å². The SMILES string of the molecule is CCc1ccc(CN2C([C@@H](Cc3c[nH]c4ccccc34)NC(=O)[C@@H]3CCCN3)=NNC2CCc2ccccc2)cc1. The normalized spacial score (nSPS) is 19.2. The second-order valence-corrected chi connectivity index (χ2v) is 11.2. The van der Waals surface area contributed by atoms with E-state index >= 15 is 0 Å². The number of hydrogen-bond acceptors (Lipinski definition) is 5. The van der Waals surface area contributed by atoms with Crippen molar-refractivity contribution in [1.29, 1.82) is 0 Å². The average molecular weight is 549 g/mol. The predicted molar refractivity (Wildman–Crippen MR) is 165 cm³/mol. The minimum absolute atomic E-state index is 0.0306. The van der Waals surface area contributed by atoms with Crippen LogP contribution in [0.4, 0.5) is 0 Å². The van der Waals surface area contributed by atoms with Gasteiger partial charge in [-0.25, -0.2) is 0 Å². The third-order valence-corrected chi connectivity index (χ3v) is 8.44. The highest BCUT2D eigenvalue weighted by atomic mass is 16.2. The summed E-state index contributed by atoms with van der Waals surface area (Å²) in [6, 6.07) is 27.4. The van der Waals surface area contributed by atoms with Crippen LogP contribution in [0.5, 0.6) is 0 Å². The number of carbonyl (C=O) groups is 1. The van der Waals surface area contributed by atoms with Crippen molar-refractivity contribution in [2.75, 3.05) is 6.54 Å². The molecular weight excluding hydrogens is 508 g/mol. The van der Waals surface area contributed by atoms with Gasteiger partial charge in [0.15, 0.2) is 0 Å². The number of aromatic amines is 1. The number of hydrogen-bond donors (Lipinski definition) is 4. The summed E-state index contributed by atoms with van der Waals surface area (Å²) in [4.78, 5) is 19.2. The van der Waals surface area contributed by atoms with Gasteiger partial charge in [-0.2, -0.15) is 5.10 Å². The minimum atomic E-state index is -0.270. The van der Waals surface area contributed by atoms with Crippen molar-refractivity contribution < 1.29 is 4.79 Å². The van der Waals surface area contributed by atoms with E-state index < -0.39 is 0 Å². The second-order valence-electron chi connectivity index (χ2n) is 11.2. The number of aryl methyl sites for hydroxylation is 2. The lowest BCUT2D eigenvalue weighted by molar-refractivity contribution is -0.123. The van der Waals surface area contributed by atoms with E-state index in [4.69, 9.17) is 5.10 Å². The third-order valence-electron chi connectivity index (χ3n) is 8.44. The molecule has 2 aliphatic rings. The highest BCUT2D eigenvalue weighted by Gasteiger charge is 2.35. The van der Waals surface area contributed by atoms with E-state index in [-0.39, 0.29) is 24.2 Å². The summed E-state index contributed by atoms with van der Waals surface area (Å²) in [6.07, 6.45) is 7.51. The summed E-state index contributed by atoms with van der Waals surface area (Å²) < 4.78 is 0. The number of amides is 1. The van der Waals surface area contributed by atoms with E-state index in [0.717, 1.165) is 56.5 Å². The largest absolute Gasteiger partial charge is 0.361 e. The number of nitrogens with one attached hydrogen (secondary N) is 4. The molecule has 4 N–H and O–H groups in total. The Labute approximate surface area is 242 Å². The molecule has 3 atom stereocenters. The zero-order valence-electron chi connectivity index (χ0n) is 23.8. The number of benzene rings is 3. The van der Waals surface area contributed by atoms with Crippen LogP contribution in [0.3, 0.4) is 0 Å². The van der Waals surface area contributed by atoms with E-state index in [1.165, 1.54) is 27.6 Å². The van der Waals surface area contributed by atoms with E-state index in [1.807, 2.05) is 6.07 Å². The van der Waals surface area contributed by atoms with Gasteiger partial charge in [0.05, 0.1) is 12.1 Å². The smallest absolute Gasteiger partial charge is 0.237 e. The van der Waals surface area contributed by atoms with Crippen molar-refractivity contribution in [3.05, 3.63) is 107 Å². The highest BCUT2D eigenvalue weighted by molar-refractivity contribution is 5.95. The quantitative estimate of drug-likeness (QED) is 0.215.